The van der Waals surface area contributed by atoms with Gasteiger partial charge in [0.2, 0.25) is 0 Å². The molecule has 2 fully saturated rings. The second kappa shape index (κ2) is 8.58. The van der Waals surface area contributed by atoms with Crippen molar-refractivity contribution in [2.75, 3.05) is 24.6 Å². The zero-order chi connectivity index (χ0) is 20.3. The zero-order valence-electron chi connectivity index (χ0n) is 16.4. The van der Waals surface area contributed by atoms with Gasteiger partial charge >= 0.3 is 5.97 Å². The first kappa shape index (κ1) is 20.1. The number of carbonyl (C=O) groups is 2. The van der Waals surface area contributed by atoms with Crippen LogP contribution in [0.1, 0.15) is 56.3 Å². The quantitative estimate of drug-likeness (QED) is 0.436. The van der Waals surface area contributed by atoms with Gasteiger partial charge < -0.3 is 14.5 Å². The highest BCUT2D eigenvalue weighted by Crippen LogP contribution is 2.32. The fraction of sp³-hybridized carbons (Fsp3) is 0.600. The molecule has 0 aliphatic carbocycles. The molecule has 28 heavy (non-hydrogen) atoms. The molecule has 0 N–H and O–H groups in total. The minimum absolute atomic E-state index is 0.0854. The van der Waals surface area contributed by atoms with E-state index in [1.54, 1.807) is 11.0 Å². The Kier molecular flexibility index (Phi) is 6.16. The average molecular weight is 389 g/mol. The number of piperidine rings is 1. The first-order valence-corrected chi connectivity index (χ1v) is 9.90. The third kappa shape index (κ3) is 4.26. The number of amides is 1. The van der Waals surface area contributed by atoms with Crippen LogP contribution in [-0.4, -0.2) is 53.5 Å². The Morgan fingerprint density at radius 1 is 1.14 bits per heavy atom. The molecule has 2 saturated heterocycles. The largest absolute Gasteiger partial charge is 0.452 e. The highest BCUT2D eigenvalue weighted by molar-refractivity contribution is 5.93. The van der Waals surface area contributed by atoms with Crippen molar-refractivity contribution >= 4 is 23.3 Å². The maximum absolute atomic E-state index is 12.5. The smallest absolute Gasteiger partial charge is 0.338 e. The van der Waals surface area contributed by atoms with Crippen LogP contribution in [-0.2, 0) is 9.53 Å². The second-order valence-corrected chi connectivity index (χ2v) is 7.66. The number of nitro groups is 1. The topological polar surface area (TPSA) is 93.0 Å². The first-order valence-electron chi connectivity index (χ1n) is 9.90. The molecule has 2 atom stereocenters. The summed E-state index contributed by atoms with van der Waals surface area (Å²) in [6.45, 7) is 5.18. The Morgan fingerprint density at radius 3 is 2.39 bits per heavy atom. The molecule has 2 aliphatic heterocycles. The van der Waals surface area contributed by atoms with Crippen molar-refractivity contribution in [3.63, 3.8) is 0 Å². The van der Waals surface area contributed by atoms with Crippen molar-refractivity contribution in [2.45, 2.75) is 58.0 Å². The maximum atomic E-state index is 12.5. The Hall–Kier alpha value is -2.64. The van der Waals surface area contributed by atoms with Crippen LogP contribution in [0.3, 0.4) is 0 Å². The SMILES string of the molecule is C[C@@H]1CCC[C@@H](C)N1C(=O)COC(=O)c1ccc(N2CCCC2)c([N+](=O)[O-])c1. The molecule has 0 bridgehead atoms. The Balaban J connectivity index is 1.67. The second-order valence-electron chi connectivity index (χ2n) is 7.66. The van der Waals surface area contributed by atoms with Crippen molar-refractivity contribution in [3.05, 3.63) is 33.9 Å². The van der Waals surface area contributed by atoms with Crippen LogP contribution in [0.2, 0.25) is 0 Å². The van der Waals surface area contributed by atoms with Crippen LogP contribution in [0.25, 0.3) is 0 Å². The zero-order valence-corrected chi connectivity index (χ0v) is 16.4. The van der Waals surface area contributed by atoms with E-state index in [2.05, 4.69) is 0 Å². The molecular weight excluding hydrogens is 362 g/mol. The van der Waals surface area contributed by atoms with E-state index in [-0.39, 0.29) is 35.8 Å². The van der Waals surface area contributed by atoms with Gasteiger partial charge in [0.05, 0.1) is 10.5 Å². The molecule has 0 unspecified atom stereocenters. The van der Waals surface area contributed by atoms with Crippen molar-refractivity contribution in [3.8, 4) is 0 Å². The normalized spacial score (nSPS) is 22.2. The van der Waals surface area contributed by atoms with Crippen LogP contribution in [0.4, 0.5) is 11.4 Å². The monoisotopic (exact) mass is 389 g/mol. The molecule has 3 rings (SSSR count). The molecule has 8 heteroatoms. The third-order valence-electron chi connectivity index (χ3n) is 5.66. The molecule has 0 radical (unpaired) electrons. The third-order valence-corrected chi connectivity index (χ3v) is 5.66. The fourth-order valence-corrected chi connectivity index (χ4v) is 4.22. The average Bonchev–Trinajstić information content (AvgIpc) is 3.20. The van der Waals surface area contributed by atoms with Gasteiger partial charge in [0.1, 0.15) is 5.69 Å². The minimum Gasteiger partial charge on any atom is -0.452 e. The molecule has 1 amide bonds. The number of hydrogen-bond acceptors (Lipinski definition) is 6. The lowest BCUT2D eigenvalue weighted by atomic mass is 9.97. The lowest BCUT2D eigenvalue weighted by molar-refractivity contribution is -0.384. The maximum Gasteiger partial charge on any atom is 0.338 e. The summed E-state index contributed by atoms with van der Waals surface area (Å²) in [6.07, 6.45) is 4.95. The van der Waals surface area contributed by atoms with Gasteiger partial charge in [-0.1, -0.05) is 0 Å². The van der Waals surface area contributed by atoms with Gasteiger partial charge in [0.25, 0.3) is 11.6 Å². The molecule has 152 valence electrons. The van der Waals surface area contributed by atoms with Gasteiger partial charge in [0, 0.05) is 31.2 Å². The number of hydrogen-bond donors (Lipinski definition) is 0. The van der Waals surface area contributed by atoms with Crippen LogP contribution in [0.5, 0.6) is 0 Å². The minimum atomic E-state index is -0.721. The van der Waals surface area contributed by atoms with E-state index in [4.69, 9.17) is 4.74 Å². The summed E-state index contributed by atoms with van der Waals surface area (Å²) in [6, 6.07) is 4.61. The Bertz CT molecular complexity index is 750. The van der Waals surface area contributed by atoms with Gasteiger partial charge in [-0.3, -0.25) is 14.9 Å². The highest BCUT2D eigenvalue weighted by atomic mass is 16.6. The van der Waals surface area contributed by atoms with E-state index in [9.17, 15) is 19.7 Å². The number of esters is 1. The number of ether oxygens (including phenoxy) is 1. The summed E-state index contributed by atoms with van der Waals surface area (Å²) in [7, 11) is 0. The van der Waals surface area contributed by atoms with Crippen molar-refractivity contribution in [2.24, 2.45) is 0 Å². The number of carbonyl (C=O) groups excluding carboxylic acids is 2. The van der Waals surface area contributed by atoms with E-state index in [1.807, 2.05) is 18.7 Å². The highest BCUT2D eigenvalue weighted by Gasteiger charge is 2.30. The van der Waals surface area contributed by atoms with E-state index in [1.165, 1.54) is 12.1 Å². The molecule has 2 aliphatic rings. The summed E-state index contributed by atoms with van der Waals surface area (Å²) in [4.78, 5) is 39.6. The van der Waals surface area contributed by atoms with Crippen LogP contribution in [0.15, 0.2) is 18.2 Å². The molecule has 1 aromatic rings. The van der Waals surface area contributed by atoms with Crippen molar-refractivity contribution in [1.29, 1.82) is 0 Å². The van der Waals surface area contributed by atoms with Gasteiger partial charge in [0.15, 0.2) is 6.61 Å². The predicted octanol–water partition coefficient (Wildman–Crippen LogP) is 3.14. The number of nitro benzene ring substituents is 1. The van der Waals surface area contributed by atoms with E-state index in [0.717, 1.165) is 45.2 Å². The van der Waals surface area contributed by atoms with Crippen molar-refractivity contribution in [1.82, 2.24) is 4.90 Å². The molecule has 0 saturated carbocycles. The summed E-state index contributed by atoms with van der Waals surface area (Å²) in [5.74, 6) is -0.946. The molecule has 0 aromatic heterocycles. The molecule has 2 heterocycles. The number of likely N-dealkylation sites (tertiary alicyclic amines) is 1. The van der Waals surface area contributed by atoms with Gasteiger partial charge in [-0.05, 0) is 58.1 Å². The summed E-state index contributed by atoms with van der Waals surface area (Å²) in [5.41, 5.74) is 0.495. The number of benzene rings is 1. The van der Waals surface area contributed by atoms with E-state index < -0.39 is 10.9 Å². The van der Waals surface area contributed by atoms with E-state index >= 15 is 0 Å². The Labute approximate surface area is 164 Å². The first-order chi connectivity index (χ1) is 13.4. The predicted molar refractivity (Wildman–Crippen MR) is 104 cm³/mol. The molecular formula is C20H27N3O5. The van der Waals surface area contributed by atoms with Crippen LogP contribution >= 0.6 is 0 Å². The molecule has 8 nitrogen and oxygen atoms in total. The molecule has 0 spiro atoms. The lowest BCUT2D eigenvalue weighted by Gasteiger charge is -2.38. The summed E-state index contributed by atoms with van der Waals surface area (Å²) in [5, 5.41) is 11.5. The summed E-state index contributed by atoms with van der Waals surface area (Å²) < 4.78 is 5.17. The van der Waals surface area contributed by atoms with Crippen molar-refractivity contribution < 1.29 is 19.2 Å². The lowest BCUT2D eigenvalue weighted by Crippen LogP contribution is -2.49. The number of anilines is 1. The molecule has 1 aromatic carbocycles. The van der Waals surface area contributed by atoms with E-state index in [0.29, 0.717) is 5.69 Å². The van der Waals surface area contributed by atoms with Gasteiger partial charge in [-0.15, -0.1) is 0 Å². The number of rotatable bonds is 5. The van der Waals surface area contributed by atoms with Gasteiger partial charge in [-0.25, -0.2) is 4.79 Å². The van der Waals surface area contributed by atoms with Crippen LogP contribution < -0.4 is 4.90 Å². The summed E-state index contributed by atoms with van der Waals surface area (Å²) >= 11 is 0. The number of nitrogens with zero attached hydrogens (tertiary/aromatic N) is 3. The van der Waals surface area contributed by atoms with Gasteiger partial charge in [-0.2, -0.15) is 0 Å². The standard InChI is InChI=1S/C20H27N3O5/c1-14-6-5-7-15(2)22(14)19(24)13-28-20(25)16-8-9-17(18(12-16)23(26)27)21-10-3-4-11-21/h8-9,12,14-15H,3-7,10-11,13H2,1-2H3/t14-,15-/m1/s1. The Morgan fingerprint density at radius 2 is 1.79 bits per heavy atom. The van der Waals surface area contributed by atoms with Crippen LogP contribution in [0, 0.1) is 10.1 Å². The fourth-order valence-electron chi connectivity index (χ4n) is 4.22.